The highest BCUT2D eigenvalue weighted by Crippen LogP contribution is 2.31. The molecule has 0 spiro atoms. The Kier molecular flexibility index (Phi) is 6.14. The fourth-order valence-corrected chi connectivity index (χ4v) is 1.68. The van der Waals surface area contributed by atoms with Gasteiger partial charge in [0.2, 0.25) is 0 Å². The molecule has 1 rings (SSSR count). The van der Waals surface area contributed by atoms with Crippen LogP contribution in [0.25, 0.3) is 0 Å². The zero-order valence-corrected chi connectivity index (χ0v) is 13.0. The second kappa shape index (κ2) is 7.45. The third kappa shape index (κ3) is 5.24. The maximum absolute atomic E-state index is 12.7. The van der Waals surface area contributed by atoms with Gasteiger partial charge in [-0.2, -0.15) is 13.2 Å². The number of alkyl halides is 3. The Morgan fingerprint density at radius 2 is 1.83 bits per heavy atom. The molecule has 0 aliphatic carbocycles. The molecule has 3 N–H and O–H groups in total. The lowest BCUT2D eigenvalue weighted by Crippen LogP contribution is -2.44. The van der Waals surface area contributed by atoms with Crippen molar-refractivity contribution in [3.8, 4) is 0 Å². The molecule has 2 amide bonds. The van der Waals surface area contributed by atoms with Crippen LogP contribution in [0.4, 0.5) is 18.9 Å². The van der Waals surface area contributed by atoms with Crippen LogP contribution in [-0.4, -0.2) is 29.6 Å². The van der Waals surface area contributed by atoms with E-state index in [4.69, 9.17) is 5.11 Å². The molecule has 0 heterocycles. The van der Waals surface area contributed by atoms with Gasteiger partial charge >= 0.3 is 18.0 Å². The molecule has 1 aromatic rings. The Balaban J connectivity index is 2.83. The minimum atomic E-state index is -4.54. The van der Waals surface area contributed by atoms with Gasteiger partial charge in [0.1, 0.15) is 0 Å². The third-order valence-electron chi connectivity index (χ3n) is 3.52. The molecule has 0 aromatic heterocycles. The molecule has 0 saturated carbocycles. The van der Waals surface area contributed by atoms with Crippen LogP contribution in [0.5, 0.6) is 0 Å². The van der Waals surface area contributed by atoms with Crippen molar-refractivity contribution in [3.05, 3.63) is 29.3 Å². The number of halogens is 3. The average Bonchev–Trinajstić information content (AvgIpc) is 2.47. The van der Waals surface area contributed by atoms with Gasteiger partial charge in [0, 0.05) is 18.3 Å². The summed E-state index contributed by atoms with van der Waals surface area (Å²) in [5.74, 6) is -2.30. The second-order valence-electron chi connectivity index (χ2n) is 5.40. The number of benzene rings is 1. The Labute approximate surface area is 131 Å². The van der Waals surface area contributed by atoms with E-state index in [1.165, 1.54) is 13.0 Å². The first-order valence-electron chi connectivity index (χ1n) is 6.96. The van der Waals surface area contributed by atoms with Crippen molar-refractivity contribution in [2.24, 2.45) is 5.92 Å². The Morgan fingerprint density at radius 3 is 2.35 bits per heavy atom. The predicted molar refractivity (Wildman–Crippen MR) is 78.7 cm³/mol. The summed E-state index contributed by atoms with van der Waals surface area (Å²) in [7, 11) is 0. The van der Waals surface area contributed by atoms with Crippen LogP contribution in [-0.2, 0) is 15.8 Å². The number of carbonyl (C=O) groups excluding carboxylic acids is 2. The van der Waals surface area contributed by atoms with Gasteiger partial charge in [0.25, 0.3) is 0 Å². The standard InChI is InChI=1S/C15H19F3N2O3/c1-8-4-5-11(15(16,17)18)6-12(8)20-14(23)13(22)19-10(3)9(2)7-21/h4-6,9-10,21H,7H2,1-3H3,(H,19,22)(H,20,23). The molecule has 0 bridgehead atoms. The van der Waals surface area contributed by atoms with Crippen molar-refractivity contribution in [2.45, 2.75) is 33.0 Å². The number of aliphatic hydroxyl groups excluding tert-OH is 1. The average molecular weight is 332 g/mol. The molecule has 23 heavy (non-hydrogen) atoms. The number of aliphatic hydroxyl groups is 1. The third-order valence-corrected chi connectivity index (χ3v) is 3.52. The first-order chi connectivity index (χ1) is 10.6. The van der Waals surface area contributed by atoms with Crippen LogP contribution in [0.2, 0.25) is 0 Å². The van der Waals surface area contributed by atoms with Crippen molar-refractivity contribution in [1.82, 2.24) is 5.32 Å². The van der Waals surface area contributed by atoms with E-state index >= 15 is 0 Å². The largest absolute Gasteiger partial charge is 0.416 e. The molecular formula is C15H19F3N2O3. The van der Waals surface area contributed by atoms with Crippen LogP contribution < -0.4 is 10.6 Å². The van der Waals surface area contributed by atoms with E-state index in [2.05, 4.69) is 10.6 Å². The van der Waals surface area contributed by atoms with E-state index in [1.807, 2.05) is 0 Å². The Hall–Kier alpha value is -2.09. The quantitative estimate of drug-likeness (QED) is 0.739. The molecule has 8 heteroatoms. The zero-order valence-electron chi connectivity index (χ0n) is 13.0. The summed E-state index contributed by atoms with van der Waals surface area (Å²) in [6, 6.07) is 2.43. The van der Waals surface area contributed by atoms with Gasteiger partial charge in [-0.3, -0.25) is 9.59 Å². The topological polar surface area (TPSA) is 78.4 Å². The molecule has 128 valence electrons. The van der Waals surface area contributed by atoms with Crippen molar-refractivity contribution in [1.29, 1.82) is 0 Å². The van der Waals surface area contributed by atoms with Gasteiger partial charge in [-0.25, -0.2) is 0 Å². The van der Waals surface area contributed by atoms with E-state index < -0.39 is 29.6 Å². The molecule has 0 aliphatic rings. The molecule has 0 saturated heterocycles. The van der Waals surface area contributed by atoms with E-state index in [1.54, 1.807) is 13.8 Å². The molecule has 0 aliphatic heterocycles. The number of hydrogen-bond acceptors (Lipinski definition) is 3. The number of amides is 2. The highest BCUT2D eigenvalue weighted by atomic mass is 19.4. The predicted octanol–water partition coefficient (Wildman–Crippen LogP) is 2.09. The molecule has 1 aromatic carbocycles. The Morgan fingerprint density at radius 1 is 1.22 bits per heavy atom. The summed E-state index contributed by atoms with van der Waals surface area (Å²) in [6.45, 7) is 4.64. The van der Waals surface area contributed by atoms with Gasteiger partial charge in [-0.15, -0.1) is 0 Å². The summed E-state index contributed by atoms with van der Waals surface area (Å²) in [5.41, 5.74) is -0.597. The molecule has 0 fully saturated rings. The van der Waals surface area contributed by atoms with Crippen molar-refractivity contribution in [2.75, 3.05) is 11.9 Å². The van der Waals surface area contributed by atoms with E-state index in [0.717, 1.165) is 12.1 Å². The lowest BCUT2D eigenvalue weighted by molar-refractivity contribution is -0.137. The van der Waals surface area contributed by atoms with E-state index in [0.29, 0.717) is 5.56 Å². The van der Waals surface area contributed by atoms with Crippen molar-refractivity contribution >= 4 is 17.5 Å². The number of anilines is 1. The molecular weight excluding hydrogens is 313 g/mol. The van der Waals surface area contributed by atoms with Gasteiger partial charge in [-0.1, -0.05) is 13.0 Å². The summed E-state index contributed by atoms with van der Waals surface area (Å²) >= 11 is 0. The number of hydrogen-bond donors (Lipinski definition) is 3. The minimum Gasteiger partial charge on any atom is -0.396 e. The molecule has 2 atom stereocenters. The highest BCUT2D eigenvalue weighted by molar-refractivity contribution is 6.39. The van der Waals surface area contributed by atoms with E-state index in [-0.39, 0.29) is 18.2 Å². The second-order valence-corrected chi connectivity index (χ2v) is 5.40. The van der Waals surface area contributed by atoms with Crippen LogP contribution in [0.15, 0.2) is 18.2 Å². The first kappa shape index (κ1) is 19.0. The Bertz CT molecular complexity index is 588. The maximum Gasteiger partial charge on any atom is 0.416 e. The first-order valence-corrected chi connectivity index (χ1v) is 6.96. The fourth-order valence-electron chi connectivity index (χ4n) is 1.68. The normalized spacial score (nSPS) is 14.0. The summed E-state index contributed by atoms with van der Waals surface area (Å²) in [5, 5.41) is 13.5. The van der Waals surface area contributed by atoms with Gasteiger partial charge in [0.15, 0.2) is 0 Å². The smallest absolute Gasteiger partial charge is 0.396 e. The lowest BCUT2D eigenvalue weighted by Gasteiger charge is -2.19. The SMILES string of the molecule is Cc1ccc(C(F)(F)F)cc1NC(=O)C(=O)NC(C)C(C)CO. The monoisotopic (exact) mass is 332 g/mol. The molecule has 0 radical (unpaired) electrons. The number of carbonyl (C=O) groups is 2. The van der Waals surface area contributed by atoms with E-state index in [9.17, 15) is 22.8 Å². The maximum atomic E-state index is 12.7. The minimum absolute atomic E-state index is 0.0807. The number of rotatable bonds is 4. The number of aryl methyl sites for hydroxylation is 1. The summed E-state index contributed by atoms with van der Waals surface area (Å²) in [6.07, 6.45) is -4.54. The van der Waals surface area contributed by atoms with Crippen LogP contribution in [0.3, 0.4) is 0 Å². The molecule has 5 nitrogen and oxygen atoms in total. The van der Waals surface area contributed by atoms with Crippen LogP contribution >= 0.6 is 0 Å². The molecule has 2 unspecified atom stereocenters. The fraction of sp³-hybridized carbons (Fsp3) is 0.467. The lowest BCUT2D eigenvalue weighted by atomic mass is 10.1. The zero-order chi connectivity index (χ0) is 17.8. The van der Waals surface area contributed by atoms with Crippen LogP contribution in [0.1, 0.15) is 25.0 Å². The summed E-state index contributed by atoms with van der Waals surface area (Å²) in [4.78, 5) is 23.5. The summed E-state index contributed by atoms with van der Waals surface area (Å²) < 4.78 is 38.0. The van der Waals surface area contributed by atoms with Gasteiger partial charge in [-0.05, 0) is 37.5 Å². The van der Waals surface area contributed by atoms with Crippen LogP contribution in [0, 0.1) is 12.8 Å². The van der Waals surface area contributed by atoms with Crippen molar-refractivity contribution < 1.29 is 27.9 Å². The van der Waals surface area contributed by atoms with Crippen molar-refractivity contribution in [3.63, 3.8) is 0 Å². The number of nitrogens with one attached hydrogen (secondary N) is 2. The van der Waals surface area contributed by atoms with Gasteiger partial charge in [0.05, 0.1) is 5.56 Å². The highest BCUT2D eigenvalue weighted by Gasteiger charge is 2.31. The van der Waals surface area contributed by atoms with Gasteiger partial charge < -0.3 is 15.7 Å².